The first-order valence-electron chi connectivity index (χ1n) is 6.15. The molecule has 5 nitrogen and oxygen atoms in total. The van der Waals surface area contributed by atoms with Crippen LogP contribution in [0, 0.1) is 0 Å². The summed E-state index contributed by atoms with van der Waals surface area (Å²) in [7, 11) is 0. The van der Waals surface area contributed by atoms with Crippen molar-refractivity contribution in [1.29, 1.82) is 0 Å². The Balaban J connectivity index is 1.85. The smallest absolute Gasteiger partial charge is 0.349 e. The molecule has 0 radical (unpaired) electrons. The lowest BCUT2D eigenvalue weighted by molar-refractivity contribution is -0.137. The fraction of sp³-hybridized carbons (Fsp3) is 0.231. The summed E-state index contributed by atoms with van der Waals surface area (Å²) in [5.41, 5.74) is -0.726. The van der Waals surface area contributed by atoms with Gasteiger partial charge < -0.3 is 15.6 Å². The highest BCUT2D eigenvalue weighted by molar-refractivity contribution is 5.89. The Morgan fingerprint density at radius 3 is 2.81 bits per heavy atom. The molecule has 21 heavy (non-hydrogen) atoms. The Kier molecular flexibility index (Phi) is 4.46. The van der Waals surface area contributed by atoms with E-state index in [0.717, 1.165) is 18.0 Å². The number of amides is 2. The Hall–Kier alpha value is -2.51. The topological polar surface area (TPSA) is 69.8 Å². The zero-order valence-electron chi connectivity index (χ0n) is 10.9. The van der Waals surface area contributed by atoms with Gasteiger partial charge in [0.2, 0.25) is 0 Å². The van der Waals surface area contributed by atoms with Crippen molar-refractivity contribution in [3.63, 3.8) is 0 Å². The summed E-state index contributed by atoms with van der Waals surface area (Å²) in [5, 5.41) is 4.89. The summed E-state index contributed by atoms with van der Waals surface area (Å²) in [4.78, 5) is 18.4. The number of rotatable bonds is 4. The second-order valence-corrected chi connectivity index (χ2v) is 4.25. The van der Waals surface area contributed by atoms with E-state index in [4.69, 9.17) is 0 Å². The predicted molar refractivity (Wildman–Crippen MR) is 70.8 cm³/mol. The number of aromatic amines is 1. The van der Waals surface area contributed by atoms with Crippen LogP contribution in [0.5, 0.6) is 0 Å². The lowest BCUT2D eigenvalue weighted by atomic mass is 10.2. The molecule has 0 aliphatic rings. The number of alkyl halides is 3. The highest BCUT2D eigenvalue weighted by Crippen LogP contribution is 2.30. The normalized spacial score (nSPS) is 11.2. The van der Waals surface area contributed by atoms with Crippen LogP contribution in [-0.4, -0.2) is 22.5 Å². The van der Waals surface area contributed by atoms with Gasteiger partial charge in [-0.1, -0.05) is 6.07 Å². The minimum Gasteiger partial charge on any atom is -0.349 e. The number of H-pyrrole nitrogens is 1. The highest BCUT2D eigenvalue weighted by atomic mass is 19.4. The summed E-state index contributed by atoms with van der Waals surface area (Å²) >= 11 is 0. The number of imidazole rings is 1. The van der Waals surface area contributed by atoms with E-state index in [1.165, 1.54) is 12.1 Å². The van der Waals surface area contributed by atoms with E-state index in [1.807, 2.05) is 0 Å². The predicted octanol–water partition coefficient (Wildman–Crippen LogP) is 2.79. The Morgan fingerprint density at radius 1 is 1.33 bits per heavy atom. The van der Waals surface area contributed by atoms with Crippen LogP contribution < -0.4 is 10.6 Å². The maximum absolute atomic E-state index is 12.5. The lowest BCUT2D eigenvalue weighted by Gasteiger charge is -2.10. The van der Waals surface area contributed by atoms with Crippen molar-refractivity contribution in [3.05, 3.63) is 48.0 Å². The molecular formula is C13H13F3N4O. The number of carbonyl (C=O) groups is 1. The molecular weight excluding hydrogens is 285 g/mol. The molecule has 0 bridgehead atoms. The van der Waals surface area contributed by atoms with Crippen molar-refractivity contribution in [1.82, 2.24) is 15.3 Å². The number of halogens is 3. The van der Waals surface area contributed by atoms with E-state index >= 15 is 0 Å². The number of hydrogen-bond acceptors (Lipinski definition) is 2. The van der Waals surface area contributed by atoms with E-state index in [-0.39, 0.29) is 5.69 Å². The van der Waals surface area contributed by atoms with Crippen LogP contribution in [-0.2, 0) is 12.6 Å². The molecule has 0 aliphatic heterocycles. The van der Waals surface area contributed by atoms with Crippen molar-refractivity contribution < 1.29 is 18.0 Å². The lowest BCUT2D eigenvalue weighted by Crippen LogP contribution is -2.30. The van der Waals surface area contributed by atoms with Crippen LogP contribution in [0.2, 0.25) is 0 Å². The largest absolute Gasteiger partial charge is 0.416 e. The van der Waals surface area contributed by atoms with Crippen LogP contribution in [0.25, 0.3) is 0 Å². The third kappa shape index (κ3) is 4.51. The molecule has 2 aromatic rings. The molecule has 8 heteroatoms. The quantitative estimate of drug-likeness (QED) is 0.812. The zero-order valence-corrected chi connectivity index (χ0v) is 10.9. The van der Waals surface area contributed by atoms with E-state index in [1.54, 1.807) is 12.4 Å². The Morgan fingerprint density at radius 2 is 2.14 bits per heavy atom. The molecule has 2 rings (SSSR count). The van der Waals surface area contributed by atoms with Gasteiger partial charge in [0.05, 0.1) is 5.56 Å². The first-order chi connectivity index (χ1) is 9.95. The van der Waals surface area contributed by atoms with E-state index in [0.29, 0.717) is 13.0 Å². The molecule has 0 unspecified atom stereocenters. The summed E-state index contributed by atoms with van der Waals surface area (Å²) in [6.07, 6.45) is -0.674. The minimum atomic E-state index is -4.44. The van der Waals surface area contributed by atoms with Gasteiger partial charge in [-0.25, -0.2) is 9.78 Å². The molecule has 0 fully saturated rings. The standard InChI is InChI=1S/C13H13F3N4O/c14-13(15,16)9-2-1-3-10(8-9)20-12(21)19-5-4-11-17-6-7-18-11/h1-3,6-8H,4-5H2,(H,17,18)(H2,19,20,21). The molecule has 0 spiro atoms. The number of benzene rings is 1. The van der Waals surface area contributed by atoms with Crippen molar-refractivity contribution in [2.75, 3.05) is 11.9 Å². The van der Waals surface area contributed by atoms with Crippen LogP contribution >= 0.6 is 0 Å². The van der Waals surface area contributed by atoms with E-state index < -0.39 is 17.8 Å². The first kappa shape index (κ1) is 14.9. The SMILES string of the molecule is O=C(NCCc1ncc[nH]1)Nc1cccc(C(F)(F)F)c1. The fourth-order valence-electron chi connectivity index (χ4n) is 1.68. The van der Waals surface area contributed by atoms with Gasteiger partial charge in [-0.15, -0.1) is 0 Å². The average molecular weight is 298 g/mol. The maximum Gasteiger partial charge on any atom is 0.416 e. The first-order valence-corrected chi connectivity index (χ1v) is 6.15. The number of nitrogens with one attached hydrogen (secondary N) is 3. The van der Waals surface area contributed by atoms with Gasteiger partial charge in [0, 0.05) is 31.0 Å². The van der Waals surface area contributed by atoms with Gasteiger partial charge in [-0.3, -0.25) is 0 Å². The molecule has 1 heterocycles. The van der Waals surface area contributed by atoms with Gasteiger partial charge in [-0.2, -0.15) is 13.2 Å². The van der Waals surface area contributed by atoms with Gasteiger partial charge >= 0.3 is 12.2 Å². The Bertz CT molecular complexity index is 596. The fourth-order valence-corrected chi connectivity index (χ4v) is 1.68. The van der Waals surface area contributed by atoms with Crippen molar-refractivity contribution in [2.45, 2.75) is 12.6 Å². The van der Waals surface area contributed by atoms with Crippen LogP contribution in [0.3, 0.4) is 0 Å². The monoisotopic (exact) mass is 298 g/mol. The highest BCUT2D eigenvalue weighted by Gasteiger charge is 2.30. The Labute approximate surface area is 118 Å². The molecule has 1 aromatic carbocycles. The molecule has 0 saturated carbocycles. The summed E-state index contributed by atoms with van der Waals surface area (Å²) in [6, 6.07) is 3.88. The molecule has 112 valence electrons. The summed E-state index contributed by atoms with van der Waals surface area (Å²) < 4.78 is 37.6. The minimum absolute atomic E-state index is 0.0836. The van der Waals surface area contributed by atoms with E-state index in [9.17, 15) is 18.0 Å². The van der Waals surface area contributed by atoms with Crippen LogP contribution in [0.1, 0.15) is 11.4 Å². The molecule has 2 amide bonds. The van der Waals surface area contributed by atoms with Gasteiger partial charge in [-0.05, 0) is 18.2 Å². The van der Waals surface area contributed by atoms with Crippen LogP contribution in [0.4, 0.5) is 23.7 Å². The van der Waals surface area contributed by atoms with Crippen molar-refractivity contribution in [3.8, 4) is 0 Å². The number of nitrogens with zero attached hydrogens (tertiary/aromatic N) is 1. The van der Waals surface area contributed by atoms with Crippen molar-refractivity contribution in [2.24, 2.45) is 0 Å². The third-order valence-electron chi connectivity index (χ3n) is 2.65. The maximum atomic E-state index is 12.5. The van der Waals surface area contributed by atoms with Crippen molar-refractivity contribution >= 4 is 11.7 Å². The molecule has 0 aliphatic carbocycles. The van der Waals surface area contributed by atoms with Gasteiger partial charge in [0.1, 0.15) is 5.82 Å². The van der Waals surface area contributed by atoms with Gasteiger partial charge in [0.25, 0.3) is 0 Å². The van der Waals surface area contributed by atoms with E-state index in [2.05, 4.69) is 20.6 Å². The number of carbonyl (C=O) groups excluding carboxylic acids is 1. The molecule has 3 N–H and O–H groups in total. The number of aromatic nitrogens is 2. The summed E-state index contributed by atoms with van der Waals surface area (Å²) in [5.74, 6) is 0.717. The number of urea groups is 1. The summed E-state index contributed by atoms with van der Waals surface area (Å²) in [6.45, 7) is 0.318. The van der Waals surface area contributed by atoms with Gasteiger partial charge in [0.15, 0.2) is 0 Å². The second kappa shape index (κ2) is 6.29. The number of hydrogen-bond donors (Lipinski definition) is 3. The second-order valence-electron chi connectivity index (χ2n) is 4.25. The van der Waals surface area contributed by atoms with Crippen LogP contribution in [0.15, 0.2) is 36.7 Å². The third-order valence-corrected chi connectivity index (χ3v) is 2.65. The number of anilines is 1. The molecule has 0 atom stereocenters. The average Bonchev–Trinajstić information content (AvgIpc) is 2.91. The molecule has 1 aromatic heterocycles. The zero-order chi connectivity index (χ0) is 15.3. The molecule has 0 saturated heterocycles.